The fraction of sp³-hybridized carbons (Fsp3) is 1.00. The fourth-order valence-corrected chi connectivity index (χ4v) is 1.60. The van der Waals surface area contributed by atoms with Gasteiger partial charge in [0.05, 0.1) is 12.6 Å². The maximum Gasteiger partial charge on any atom is 0.175 e. The molecule has 1 heterocycles. The van der Waals surface area contributed by atoms with E-state index in [9.17, 15) is 5.11 Å². The second-order valence-electron chi connectivity index (χ2n) is 3.23. The Morgan fingerprint density at radius 3 is 2.43 bits per heavy atom. The topological polar surface area (TPSA) is 94.2 Å². The van der Waals surface area contributed by atoms with E-state index in [0.717, 1.165) is 0 Å². The van der Waals surface area contributed by atoms with E-state index in [1.807, 2.05) is 0 Å². The number of nitrogens with two attached hydrogens (primary N) is 1. The number of methoxy groups -OCH3 is 2. The molecule has 0 bridgehead atoms. The molecule has 0 saturated carbocycles. The van der Waals surface area contributed by atoms with Crippen molar-refractivity contribution in [1.82, 2.24) is 0 Å². The average molecular weight is 207 g/mol. The molecule has 0 aromatic heterocycles. The van der Waals surface area contributed by atoms with Crippen LogP contribution in [0.1, 0.15) is 0 Å². The fourth-order valence-electron chi connectivity index (χ4n) is 1.60. The Bertz CT molecular complexity index is 163. The number of ether oxygens (including phenoxy) is 3. The molecule has 0 spiro atoms. The molecule has 0 aliphatic carbocycles. The van der Waals surface area contributed by atoms with Crippen LogP contribution in [0.15, 0.2) is 0 Å². The molecule has 5 atom stereocenters. The SMILES string of the molecule is COC1OC(CO)C(O)C(OC)C1N. The first-order valence-corrected chi connectivity index (χ1v) is 4.41. The van der Waals surface area contributed by atoms with Gasteiger partial charge in [-0.2, -0.15) is 0 Å². The predicted octanol–water partition coefficient (Wildman–Crippen LogP) is -1.95. The van der Waals surface area contributed by atoms with Gasteiger partial charge in [-0.05, 0) is 0 Å². The second kappa shape index (κ2) is 5.01. The molecular formula is C8H17NO5. The van der Waals surface area contributed by atoms with Crippen molar-refractivity contribution in [2.24, 2.45) is 5.73 Å². The quantitative estimate of drug-likeness (QED) is 0.498. The van der Waals surface area contributed by atoms with Gasteiger partial charge >= 0.3 is 0 Å². The van der Waals surface area contributed by atoms with Gasteiger partial charge in [0.15, 0.2) is 6.29 Å². The first kappa shape index (κ1) is 11.8. The van der Waals surface area contributed by atoms with Crippen LogP contribution in [0.25, 0.3) is 0 Å². The summed E-state index contributed by atoms with van der Waals surface area (Å²) in [5.41, 5.74) is 5.73. The molecule has 0 amide bonds. The van der Waals surface area contributed by atoms with Crippen molar-refractivity contribution < 1.29 is 24.4 Å². The predicted molar refractivity (Wildman–Crippen MR) is 47.5 cm³/mol. The largest absolute Gasteiger partial charge is 0.394 e. The molecule has 0 radical (unpaired) electrons. The molecule has 84 valence electrons. The van der Waals surface area contributed by atoms with Crippen LogP contribution in [0, 0.1) is 0 Å². The highest BCUT2D eigenvalue weighted by Gasteiger charge is 2.43. The van der Waals surface area contributed by atoms with Crippen molar-refractivity contribution in [1.29, 1.82) is 0 Å². The number of aliphatic hydroxyl groups is 2. The van der Waals surface area contributed by atoms with Gasteiger partial charge in [-0.15, -0.1) is 0 Å². The lowest BCUT2D eigenvalue weighted by Crippen LogP contribution is -2.62. The lowest BCUT2D eigenvalue weighted by Gasteiger charge is -2.41. The smallest absolute Gasteiger partial charge is 0.175 e. The van der Waals surface area contributed by atoms with Crippen molar-refractivity contribution in [3.8, 4) is 0 Å². The molecule has 5 unspecified atom stereocenters. The summed E-state index contributed by atoms with van der Waals surface area (Å²) >= 11 is 0. The summed E-state index contributed by atoms with van der Waals surface area (Å²) in [6.07, 6.45) is -2.91. The second-order valence-corrected chi connectivity index (χ2v) is 3.23. The van der Waals surface area contributed by atoms with E-state index in [1.165, 1.54) is 14.2 Å². The average Bonchev–Trinajstić information content (AvgIpc) is 2.19. The summed E-state index contributed by atoms with van der Waals surface area (Å²) in [4.78, 5) is 0. The molecule has 4 N–H and O–H groups in total. The molecule has 0 aromatic rings. The van der Waals surface area contributed by atoms with Crippen molar-refractivity contribution in [3.05, 3.63) is 0 Å². The summed E-state index contributed by atoms with van der Waals surface area (Å²) in [6, 6.07) is -0.567. The van der Waals surface area contributed by atoms with Crippen LogP contribution in [0.2, 0.25) is 0 Å². The Labute approximate surface area is 82.6 Å². The Morgan fingerprint density at radius 1 is 1.36 bits per heavy atom. The third-order valence-electron chi connectivity index (χ3n) is 2.40. The van der Waals surface area contributed by atoms with Crippen LogP contribution in [0.4, 0.5) is 0 Å². The zero-order valence-corrected chi connectivity index (χ0v) is 8.29. The minimum atomic E-state index is -0.939. The van der Waals surface area contributed by atoms with Crippen LogP contribution in [0.5, 0.6) is 0 Å². The maximum atomic E-state index is 9.67. The van der Waals surface area contributed by atoms with Crippen molar-refractivity contribution in [2.45, 2.75) is 30.6 Å². The summed E-state index contributed by atoms with van der Waals surface area (Å²) < 4.78 is 15.2. The van der Waals surface area contributed by atoms with Crippen LogP contribution in [-0.4, -0.2) is 61.7 Å². The molecule has 6 heteroatoms. The molecule has 1 aliphatic heterocycles. The first-order valence-electron chi connectivity index (χ1n) is 4.41. The lowest BCUT2D eigenvalue weighted by molar-refractivity contribution is -0.261. The monoisotopic (exact) mass is 207 g/mol. The number of aliphatic hydroxyl groups excluding tert-OH is 2. The van der Waals surface area contributed by atoms with E-state index in [2.05, 4.69) is 0 Å². The third-order valence-corrected chi connectivity index (χ3v) is 2.40. The van der Waals surface area contributed by atoms with E-state index >= 15 is 0 Å². The molecule has 1 saturated heterocycles. The molecule has 14 heavy (non-hydrogen) atoms. The Hall–Kier alpha value is -0.240. The maximum absolute atomic E-state index is 9.67. The Morgan fingerprint density at radius 2 is 2.00 bits per heavy atom. The highest BCUT2D eigenvalue weighted by atomic mass is 16.7. The molecule has 6 nitrogen and oxygen atoms in total. The van der Waals surface area contributed by atoms with E-state index in [4.69, 9.17) is 25.1 Å². The number of hydrogen-bond donors (Lipinski definition) is 3. The van der Waals surface area contributed by atoms with E-state index < -0.39 is 30.6 Å². The van der Waals surface area contributed by atoms with Gasteiger partial charge in [0.2, 0.25) is 0 Å². The van der Waals surface area contributed by atoms with Crippen molar-refractivity contribution >= 4 is 0 Å². The van der Waals surface area contributed by atoms with Crippen LogP contribution >= 0.6 is 0 Å². The van der Waals surface area contributed by atoms with Gasteiger partial charge in [-0.1, -0.05) is 0 Å². The minimum absolute atomic E-state index is 0.298. The Kier molecular flexibility index (Phi) is 4.24. The zero-order chi connectivity index (χ0) is 10.7. The summed E-state index contributed by atoms with van der Waals surface area (Å²) in [5, 5.41) is 18.6. The minimum Gasteiger partial charge on any atom is -0.394 e. The first-order chi connectivity index (χ1) is 6.65. The highest BCUT2D eigenvalue weighted by Crippen LogP contribution is 2.21. The molecule has 0 aromatic carbocycles. The lowest BCUT2D eigenvalue weighted by atomic mass is 9.97. The summed E-state index contributed by atoms with van der Waals surface area (Å²) in [6.45, 7) is -0.298. The standard InChI is InChI=1S/C8H17NO5/c1-12-7-5(9)8(13-2)14-4(3-10)6(7)11/h4-8,10-11H,3,9H2,1-2H3. The number of rotatable bonds is 3. The number of hydrogen-bond acceptors (Lipinski definition) is 6. The molecule has 1 fully saturated rings. The van der Waals surface area contributed by atoms with Gasteiger partial charge in [0.1, 0.15) is 18.3 Å². The summed E-state index contributed by atoms with van der Waals surface area (Å²) in [7, 11) is 2.89. The van der Waals surface area contributed by atoms with E-state index in [0.29, 0.717) is 0 Å². The highest BCUT2D eigenvalue weighted by molar-refractivity contribution is 4.92. The van der Waals surface area contributed by atoms with Gasteiger partial charge in [-0.3, -0.25) is 0 Å². The summed E-state index contributed by atoms with van der Waals surface area (Å²) in [5.74, 6) is 0. The normalized spacial score (nSPS) is 43.9. The van der Waals surface area contributed by atoms with Gasteiger partial charge in [0.25, 0.3) is 0 Å². The third kappa shape index (κ3) is 2.05. The van der Waals surface area contributed by atoms with Gasteiger partial charge in [0, 0.05) is 14.2 Å². The van der Waals surface area contributed by atoms with Crippen molar-refractivity contribution in [3.63, 3.8) is 0 Å². The van der Waals surface area contributed by atoms with E-state index in [-0.39, 0.29) is 6.61 Å². The van der Waals surface area contributed by atoms with E-state index in [1.54, 1.807) is 0 Å². The van der Waals surface area contributed by atoms with Crippen molar-refractivity contribution in [2.75, 3.05) is 20.8 Å². The molecule has 1 aliphatic rings. The van der Waals surface area contributed by atoms with Crippen LogP contribution < -0.4 is 5.73 Å². The zero-order valence-electron chi connectivity index (χ0n) is 8.29. The van der Waals surface area contributed by atoms with Crippen LogP contribution in [0.3, 0.4) is 0 Å². The Balaban J connectivity index is 2.72. The molecular weight excluding hydrogens is 190 g/mol. The van der Waals surface area contributed by atoms with Gasteiger partial charge in [-0.25, -0.2) is 0 Å². The molecule has 1 rings (SSSR count). The van der Waals surface area contributed by atoms with Crippen LogP contribution in [-0.2, 0) is 14.2 Å². The van der Waals surface area contributed by atoms with Gasteiger partial charge < -0.3 is 30.2 Å².